The summed E-state index contributed by atoms with van der Waals surface area (Å²) in [4.78, 5) is 13.5. The molecule has 0 radical (unpaired) electrons. The summed E-state index contributed by atoms with van der Waals surface area (Å²) >= 11 is 0. The van der Waals surface area contributed by atoms with Crippen molar-refractivity contribution in [1.82, 2.24) is 5.32 Å². The van der Waals surface area contributed by atoms with Gasteiger partial charge >= 0.3 is 0 Å². The number of rotatable bonds is 3. The molecular formula is C14H20N2O2. The van der Waals surface area contributed by atoms with E-state index in [9.17, 15) is 9.90 Å². The molecule has 1 aromatic rings. The average Bonchev–Trinajstić information content (AvgIpc) is 2.63. The molecule has 18 heavy (non-hydrogen) atoms. The molecule has 0 saturated carbocycles. The summed E-state index contributed by atoms with van der Waals surface area (Å²) in [6.45, 7) is 4.24. The molecule has 1 saturated heterocycles. The van der Waals surface area contributed by atoms with Crippen molar-refractivity contribution in [3.05, 3.63) is 29.8 Å². The number of aliphatic hydroxyl groups is 1. The normalized spacial score (nSPS) is 18.1. The van der Waals surface area contributed by atoms with E-state index in [1.165, 1.54) is 0 Å². The van der Waals surface area contributed by atoms with Gasteiger partial charge in [-0.2, -0.15) is 0 Å². The predicted octanol–water partition coefficient (Wildman–Crippen LogP) is 1.46. The summed E-state index contributed by atoms with van der Waals surface area (Å²) in [5.74, 6) is 0.121. The molecule has 0 aliphatic carbocycles. The van der Waals surface area contributed by atoms with Crippen LogP contribution in [0, 0.1) is 0 Å². The van der Waals surface area contributed by atoms with Gasteiger partial charge in [0.2, 0.25) is 5.91 Å². The largest absolute Gasteiger partial charge is 0.388 e. The number of amides is 1. The quantitative estimate of drug-likeness (QED) is 0.851. The van der Waals surface area contributed by atoms with Crippen LogP contribution in [0.5, 0.6) is 0 Å². The molecule has 1 amide bonds. The Labute approximate surface area is 108 Å². The van der Waals surface area contributed by atoms with Crippen molar-refractivity contribution in [2.24, 2.45) is 0 Å². The summed E-state index contributed by atoms with van der Waals surface area (Å²) < 4.78 is 0. The molecule has 1 fully saturated rings. The van der Waals surface area contributed by atoms with Crippen LogP contribution in [0.25, 0.3) is 0 Å². The van der Waals surface area contributed by atoms with Crippen LogP contribution in [0.3, 0.4) is 0 Å². The highest BCUT2D eigenvalue weighted by molar-refractivity contribution is 5.77. The van der Waals surface area contributed by atoms with Crippen LogP contribution in [0.15, 0.2) is 24.3 Å². The highest BCUT2D eigenvalue weighted by Gasteiger charge is 2.14. The lowest BCUT2D eigenvalue weighted by molar-refractivity contribution is -0.120. The van der Waals surface area contributed by atoms with E-state index in [2.05, 4.69) is 10.2 Å². The molecule has 1 atom stereocenters. The monoisotopic (exact) mass is 248 g/mol. The van der Waals surface area contributed by atoms with E-state index < -0.39 is 0 Å². The van der Waals surface area contributed by atoms with Crippen LogP contribution in [0.1, 0.15) is 31.4 Å². The zero-order chi connectivity index (χ0) is 13.0. The molecule has 2 N–H and O–H groups in total. The lowest BCUT2D eigenvalue weighted by Crippen LogP contribution is -2.28. The molecule has 0 spiro atoms. The first-order valence-corrected chi connectivity index (χ1v) is 6.50. The Morgan fingerprint density at radius 1 is 1.33 bits per heavy atom. The number of hydrogen-bond donors (Lipinski definition) is 2. The fourth-order valence-corrected chi connectivity index (χ4v) is 2.17. The Hall–Kier alpha value is -1.55. The van der Waals surface area contributed by atoms with Gasteiger partial charge in [0.25, 0.3) is 0 Å². The maximum Gasteiger partial charge on any atom is 0.221 e. The molecule has 4 heteroatoms. The number of anilines is 1. The minimum atomic E-state index is -0.383. The van der Waals surface area contributed by atoms with Gasteiger partial charge in [-0.25, -0.2) is 0 Å². The topological polar surface area (TPSA) is 52.6 Å². The number of benzene rings is 1. The molecule has 98 valence electrons. The third kappa shape index (κ3) is 3.01. The molecule has 1 aliphatic heterocycles. The Morgan fingerprint density at radius 3 is 2.72 bits per heavy atom. The summed E-state index contributed by atoms with van der Waals surface area (Å²) in [7, 11) is 0. The van der Waals surface area contributed by atoms with Gasteiger partial charge in [0.15, 0.2) is 0 Å². The Balaban J connectivity index is 2.06. The van der Waals surface area contributed by atoms with Gasteiger partial charge in [-0.05, 0) is 24.1 Å². The van der Waals surface area contributed by atoms with Crippen molar-refractivity contribution in [2.75, 3.05) is 24.5 Å². The Kier molecular flexibility index (Phi) is 4.20. The number of aliphatic hydroxyl groups excluding tert-OH is 1. The second-order valence-corrected chi connectivity index (χ2v) is 4.60. The van der Waals surface area contributed by atoms with E-state index in [1.54, 1.807) is 0 Å². The molecule has 4 nitrogen and oxygen atoms in total. The fraction of sp³-hybridized carbons (Fsp3) is 0.500. The summed E-state index contributed by atoms with van der Waals surface area (Å²) in [5.41, 5.74) is 2.06. The van der Waals surface area contributed by atoms with Gasteiger partial charge in [0, 0.05) is 31.7 Å². The van der Waals surface area contributed by atoms with E-state index >= 15 is 0 Å². The highest BCUT2D eigenvalue weighted by Crippen LogP contribution is 2.21. The SMILES string of the molecule is CC[C@@H](O)c1ccc(N2CCNC(=O)CC2)cc1. The van der Waals surface area contributed by atoms with E-state index in [0.717, 1.165) is 30.8 Å². The second-order valence-electron chi connectivity index (χ2n) is 4.60. The smallest absolute Gasteiger partial charge is 0.221 e. The van der Waals surface area contributed by atoms with Crippen LogP contribution in [-0.4, -0.2) is 30.6 Å². The lowest BCUT2D eigenvalue weighted by Gasteiger charge is -2.22. The zero-order valence-corrected chi connectivity index (χ0v) is 10.7. The second kappa shape index (κ2) is 5.87. The molecule has 0 bridgehead atoms. The van der Waals surface area contributed by atoms with Crippen molar-refractivity contribution in [3.63, 3.8) is 0 Å². The predicted molar refractivity (Wildman–Crippen MR) is 71.5 cm³/mol. The summed E-state index contributed by atoms with van der Waals surface area (Å²) in [5, 5.41) is 12.6. The molecule has 0 unspecified atom stereocenters. The van der Waals surface area contributed by atoms with Crippen molar-refractivity contribution < 1.29 is 9.90 Å². The minimum absolute atomic E-state index is 0.121. The van der Waals surface area contributed by atoms with E-state index in [4.69, 9.17) is 0 Å². The Morgan fingerprint density at radius 2 is 2.06 bits per heavy atom. The maximum absolute atomic E-state index is 11.3. The molecule has 1 aliphatic rings. The van der Waals surface area contributed by atoms with Crippen LogP contribution in [0.4, 0.5) is 5.69 Å². The van der Waals surface area contributed by atoms with Crippen molar-refractivity contribution in [3.8, 4) is 0 Å². The standard InChI is InChI=1S/C14H20N2O2/c1-2-13(17)11-3-5-12(6-4-11)16-9-7-14(18)15-8-10-16/h3-6,13,17H,2,7-10H2,1H3,(H,15,18)/t13-/m1/s1. The molecule has 1 heterocycles. The molecule has 0 aromatic heterocycles. The first-order chi connectivity index (χ1) is 8.70. The Bertz CT molecular complexity index is 403. The van der Waals surface area contributed by atoms with Gasteiger partial charge in [0.05, 0.1) is 6.10 Å². The first-order valence-electron chi connectivity index (χ1n) is 6.50. The molecular weight excluding hydrogens is 228 g/mol. The first kappa shape index (κ1) is 12.9. The van der Waals surface area contributed by atoms with Gasteiger partial charge in [-0.15, -0.1) is 0 Å². The number of nitrogens with zero attached hydrogens (tertiary/aromatic N) is 1. The van der Waals surface area contributed by atoms with Crippen molar-refractivity contribution in [2.45, 2.75) is 25.9 Å². The van der Waals surface area contributed by atoms with E-state index in [-0.39, 0.29) is 12.0 Å². The number of carbonyl (C=O) groups is 1. The third-order valence-electron chi connectivity index (χ3n) is 3.34. The van der Waals surface area contributed by atoms with Crippen LogP contribution < -0.4 is 10.2 Å². The molecule has 1 aromatic carbocycles. The van der Waals surface area contributed by atoms with Gasteiger partial charge < -0.3 is 15.3 Å². The zero-order valence-electron chi connectivity index (χ0n) is 10.7. The maximum atomic E-state index is 11.3. The van der Waals surface area contributed by atoms with Gasteiger partial charge in [-0.3, -0.25) is 4.79 Å². The minimum Gasteiger partial charge on any atom is -0.388 e. The highest BCUT2D eigenvalue weighted by atomic mass is 16.3. The third-order valence-corrected chi connectivity index (χ3v) is 3.34. The van der Waals surface area contributed by atoms with Gasteiger partial charge in [0.1, 0.15) is 0 Å². The average molecular weight is 248 g/mol. The summed E-state index contributed by atoms with van der Waals surface area (Å²) in [6.07, 6.45) is 0.882. The van der Waals surface area contributed by atoms with Crippen molar-refractivity contribution >= 4 is 11.6 Å². The van der Waals surface area contributed by atoms with Crippen molar-refractivity contribution in [1.29, 1.82) is 0 Å². The van der Waals surface area contributed by atoms with Crippen LogP contribution in [0.2, 0.25) is 0 Å². The number of nitrogens with one attached hydrogen (secondary N) is 1. The van der Waals surface area contributed by atoms with Crippen LogP contribution in [-0.2, 0) is 4.79 Å². The van der Waals surface area contributed by atoms with E-state index in [1.807, 2.05) is 31.2 Å². The van der Waals surface area contributed by atoms with E-state index in [0.29, 0.717) is 13.0 Å². The summed E-state index contributed by atoms with van der Waals surface area (Å²) in [6, 6.07) is 7.96. The number of carbonyl (C=O) groups excluding carboxylic acids is 1. The van der Waals surface area contributed by atoms with Gasteiger partial charge in [-0.1, -0.05) is 19.1 Å². The fourth-order valence-electron chi connectivity index (χ4n) is 2.17. The molecule has 2 rings (SSSR count). The van der Waals surface area contributed by atoms with Crippen LogP contribution >= 0.6 is 0 Å². The number of hydrogen-bond acceptors (Lipinski definition) is 3. The lowest BCUT2D eigenvalue weighted by atomic mass is 10.1.